The molecule has 96 valence electrons. The molecule has 4 heteroatoms. The van der Waals surface area contributed by atoms with Gasteiger partial charge in [-0.1, -0.05) is 13.0 Å². The summed E-state index contributed by atoms with van der Waals surface area (Å²) in [6.45, 7) is 2.85. The molecule has 0 fully saturated rings. The molecule has 0 bridgehead atoms. The van der Waals surface area contributed by atoms with E-state index in [4.69, 9.17) is 4.42 Å². The number of hydrogen-bond donors (Lipinski definition) is 1. The van der Waals surface area contributed by atoms with Gasteiger partial charge in [0.2, 0.25) is 0 Å². The van der Waals surface area contributed by atoms with Gasteiger partial charge in [-0.05, 0) is 52.3 Å². The van der Waals surface area contributed by atoms with Gasteiger partial charge < -0.3 is 9.73 Å². The third kappa shape index (κ3) is 3.21. The van der Waals surface area contributed by atoms with Crippen LogP contribution in [0.3, 0.4) is 0 Å². The van der Waals surface area contributed by atoms with Crippen LogP contribution in [0.4, 0.5) is 4.39 Å². The molecule has 0 radical (unpaired) electrons. The van der Waals surface area contributed by atoms with Gasteiger partial charge in [0.1, 0.15) is 11.6 Å². The normalized spacial score (nSPS) is 12.6. The van der Waals surface area contributed by atoms with Gasteiger partial charge in [0.05, 0.1) is 10.7 Å². The van der Waals surface area contributed by atoms with Crippen molar-refractivity contribution in [2.24, 2.45) is 0 Å². The van der Waals surface area contributed by atoms with Crippen molar-refractivity contribution in [3.8, 4) is 0 Å². The zero-order chi connectivity index (χ0) is 13.0. The monoisotopic (exact) mass is 311 g/mol. The van der Waals surface area contributed by atoms with E-state index in [0.717, 1.165) is 17.9 Å². The average molecular weight is 312 g/mol. The minimum absolute atomic E-state index is 0.0590. The molecule has 0 amide bonds. The van der Waals surface area contributed by atoms with Crippen molar-refractivity contribution in [2.45, 2.75) is 19.4 Å². The largest absolute Gasteiger partial charge is 0.469 e. The highest BCUT2D eigenvalue weighted by Gasteiger charge is 2.14. The lowest BCUT2D eigenvalue weighted by Crippen LogP contribution is -2.22. The van der Waals surface area contributed by atoms with E-state index in [-0.39, 0.29) is 11.9 Å². The summed E-state index contributed by atoms with van der Waals surface area (Å²) in [4.78, 5) is 0. The van der Waals surface area contributed by atoms with E-state index >= 15 is 0 Å². The smallest absolute Gasteiger partial charge is 0.137 e. The minimum atomic E-state index is -0.241. The summed E-state index contributed by atoms with van der Waals surface area (Å²) in [5.74, 6) is 0.652. The number of hydrogen-bond acceptors (Lipinski definition) is 2. The molecule has 0 spiro atoms. The van der Waals surface area contributed by atoms with E-state index in [0.29, 0.717) is 10.9 Å². The Labute approximate surface area is 114 Å². The summed E-state index contributed by atoms with van der Waals surface area (Å²) in [5.41, 5.74) is 0.925. The van der Waals surface area contributed by atoms with Crippen molar-refractivity contribution in [3.63, 3.8) is 0 Å². The summed E-state index contributed by atoms with van der Waals surface area (Å²) in [7, 11) is 0. The quantitative estimate of drug-likeness (QED) is 0.900. The van der Waals surface area contributed by atoms with Crippen LogP contribution in [0.1, 0.15) is 24.3 Å². The number of rotatable bonds is 5. The maximum Gasteiger partial charge on any atom is 0.137 e. The summed E-state index contributed by atoms with van der Waals surface area (Å²) in [6.07, 6.45) is 2.36. The zero-order valence-electron chi connectivity index (χ0n) is 10.1. The molecule has 1 heterocycles. The molecule has 1 unspecified atom stereocenters. The van der Waals surface area contributed by atoms with E-state index < -0.39 is 0 Å². The van der Waals surface area contributed by atoms with E-state index in [2.05, 4.69) is 21.2 Å². The fourth-order valence-electron chi connectivity index (χ4n) is 1.91. The lowest BCUT2D eigenvalue weighted by molar-refractivity contribution is 0.453. The predicted molar refractivity (Wildman–Crippen MR) is 72.9 cm³/mol. The maximum atomic E-state index is 13.6. The van der Waals surface area contributed by atoms with Gasteiger partial charge in [0, 0.05) is 12.5 Å². The number of halogens is 2. The Kier molecular flexibility index (Phi) is 4.55. The molecule has 1 N–H and O–H groups in total. The molecular weight excluding hydrogens is 297 g/mol. The first kappa shape index (κ1) is 13.3. The van der Waals surface area contributed by atoms with Crippen LogP contribution >= 0.6 is 15.9 Å². The van der Waals surface area contributed by atoms with Crippen molar-refractivity contribution in [1.82, 2.24) is 5.32 Å². The van der Waals surface area contributed by atoms with Gasteiger partial charge in [0.25, 0.3) is 0 Å². The minimum Gasteiger partial charge on any atom is -0.469 e. The van der Waals surface area contributed by atoms with Gasteiger partial charge in [-0.15, -0.1) is 0 Å². The van der Waals surface area contributed by atoms with Gasteiger partial charge in [0.15, 0.2) is 0 Å². The molecule has 0 aliphatic rings. The number of benzene rings is 1. The molecular formula is C14H15BrFNO. The van der Waals surface area contributed by atoms with Crippen LogP contribution in [-0.4, -0.2) is 6.54 Å². The highest BCUT2D eigenvalue weighted by atomic mass is 79.9. The third-order valence-electron chi connectivity index (χ3n) is 2.78. The highest BCUT2D eigenvalue weighted by Crippen LogP contribution is 2.23. The molecule has 2 nitrogen and oxygen atoms in total. The van der Waals surface area contributed by atoms with Crippen molar-refractivity contribution in [1.29, 1.82) is 0 Å². The van der Waals surface area contributed by atoms with E-state index in [9.17, 15) is 4.39 Å². The van der Waals surface area contributed by atoms with Crippen LogP contribution in [-0.2, 0) is 6.42 Å². The van der Waals surface area contributed by atoms with E-state index in [1.54, 1.807) is 18.4 Å². The second-order valence-electron chi connectivity index (χ2n) is 4.07. The van der Waals surface area contributed by atoms with Crippen molar-refractivity contribution in [3.05, 3.63) is 58.2 Å². The Morgan fingerprint density at radius 2 is 2.22 bits per heavy atom. The molecule has 1 aromatic carbocycles. The van der Waals surface area contributed by atoms with Crippen LogP contribution in [0.5, 0.6) is 0 Å². The third-order valence-corrected chi connectivity index (χ3v) is 3.43. The molecule has 0 aliphatic heterocycles. The maximum absolute atomic E-state index is 13.6. The van der Waals surface area contributed by atoms with Crippen molar-refractivity contribution < 1.29 is 8.81 Å². The van der Waals surface area contributed by atoms with Gasteiger partial charge in [-0.2, -0.15) is 0 Å². The first-order chi connectivity index (χ1) is 8.70. The first-order valence-electron chi connectivity index (χ1n) is 5.91. The fraction of sp³-hybridized carbons (Fsp3) is 0.286. The molecule has 0 aliphatic carbocycles. The number of furan rings is 1. The topological polar surface area (TPSA) is 25.2 Å². The van der Waals surface area contributed by atoms with Crippen LogP contribution in [0.25, 0.3) is 0 Å². The van der Waals surface area contributed by atoms with Crippen LogP contribution in [0.2, 0.25) is 0 Å². The second kappa shape index (κ2) is 6.16. The standard InChI is InChI=1S/C14H15BrFNO/c1-2-17-14(9-11-4-3-7-18-11)10-5-6-12(15)13(16)8-10/h3-8,14,17H,2,9H2,1H3. The van der Waals surface area contributed by atoms with E-state index in [1.807, 2.05) is 25.1 Å². The highest BCUT2D eigenvalue weighted by molar-refractivity contribution is 9.10. The Morgan fingerprint density at radius 3 is 2.83 bits per heavy atom. The summed E-state index contributed by atoms with van der Waals surface area (Å²) in [5, 5.41) is 3.34. The summed E-state index contributed by atoms with van der Waals surface area (Å²) >= 11 is 3.16. The first-order valence-corrected chi connectivity index (χ1v) is 6.70. The lowest BCUT2D eigenvalue weighted by Gasteiger charge is -2.17. The van der Waals surface area contributed by atoms with Crippen LogP contribution in [0.15, 0.2) is 45.5 Å². The van der Waals surface area contributed by atoms with Gasteiger partial charge in [-0.25, -0.2) is 4.39 Å². The summed E-state index contributed by atoms with van der Waals surface area (Å²) in [6, 6.07) is 9.06. The fourth-order valence-corrected chi connectivity index (χ4v) is 2.16. The number of nitrogens with one attached hydrogen (secondary N) is 1. The van der Waals surface area contributed by atoms with Crippen molar-refractivity contribution >= 4 is 15.9 Å². The Balaban J connectivity index is 2.20. The summed E-state index contributed by atoms with van der Waals surface area (Å²) < 4.78 is 19.4. The molecule has 0 saturated heterocycles. The van der Waals surface area contributed by atoms with Gasteiger partial charge in [-0.3, -0.25) is 0 Å². The van der Waals surface area contributed by atoms with Crippen LogP contribution in [0, 0.1) is 5.82 Å². The molecule has 2 rings (SSSR count). The van der Waals surface area contributed by atoms with Crippen LogP contribution < -0.4 is 5.32 Å². The molecule has 1 atom stereocenters. The number of likely N-dealkylation sites (N-methyl/N-ethyl adjacent to an activating group) is 1. The predicted octanol–water partition coefficient (Wildman–Crippen LogP) is 4.07. The Morgan fingerprint density at radius 1 is 1.39 bits per heavy atom. The van der Waals surface area contributed by atoms with Crippen molar-refractivity contribution in [2.75, 3.05) is 6.54 Å². The average Bonchev–Trinajstić information content (AvgIpc) is 2.85. The molecule has 2 aromatic rings. The van der Waals surface area contributed by atoms with Gasteiger partial charge >= 0.3 is 0 Å². The molecule has 18 heavy (non-hydrogen) atoms. The van der Waals surface area contributed by atoms with E-state index in [1.165, 1.54) is 0 Å². The molecule has 1 aromatic heterocycles. The SMILES string of the molecule is CCNC(Cc1ccco1)c1ccc(Br)c(F)c1. The Hall–Kier alpha value is -1.13. The lowest BCUT2D eigenvalue weighted by atomic mass is 10.0. The Bertz CT molecular complexity index is 499. The second-order valence-corrected chi connectivity index (χ2v) is 4.92. The molecule has 0 saturated carbocycles. The zero-order valence-corrected chi connectivity index (χ0v) is 11.7.